The molecule has 0 fully saturated rings. The lowest BCUT2D eigenvalue weighted by atomic mass is 10.0. The Morgan fingerprint density at radius 2 is 2.10 bits per heavy atom. The molecule has 0 heterocycles. The van der Waals surface area contributed by atoms with Crippen LogP contribution in [0.25, 0.3) is 0 Å². The van der Waals surface area contributed by atoms with E-state index in [-0.39, 0.29) is 18.0 Å². The van der Waals surface area contributed by atoms with Gasteiger partial charge in [-0.1, -0.05) is 23.7 Å². The Labute approximate surface area is 135 Å². The molecule has 0 radical (unpaired) electrons. The summed E-state index contributed by atoms with van der Waals surface area (Å²) in [6.45, 7) is 0. The quantitative estimate of drug-likeness (QED) is 0.553. The fourth-order valence-corrected chi connectivity index (χ4v) is 2.64. The Balaban J connectivity index is 2.30. The smallest absolute Gasteiger partial charge is 0.168 e. The highest BCUT2D eigenvalue weighted by molar-refractivity contribution is 14.1. The fourth-order valence-electron chi connectivity index (χ4n) is 1.83. The van der Waals surface area contributed by atoms with E-state index in [0.717, 1.165) is 3.57 Å². The van der Waals surface area contributed by atoms with Crippen molar-refractivity contribution in [3.8, 4) is 5.75 Å². The number of methoxy groups -OCH3 is 1. The van der Waals surface area contributed by atoms with Crippen molar-refractivity contribution in [3.05, 3.63) is 61.9 Å². The summed E-state index contributed by atoms with van der Waals surface area (Å²) >= 11 is 7.95. The molecule has 0 atom stereocenters. The molecular formula is C15H11ClFIO2. The van der Waals surface area contributed by atoms with Crippen LogP contribution in [-0.2, 0) is 6.42 Å². The van der Waals surface area contributed by atoms with E-state index in [0.29, 0.717) is 16.1 Å². The van der Waals surface area contributed by atoms with E-state index in [4.69, 9.17) is 16.3 Å². The van der Waals surface area contributed by atoms with Crippen molar-refractivity contribution >= 4 is 40.0 Å². The molecule has 0 saturated heterocycles. The average molecular weight is 405 g/mol. The zero-order valence-corrected chi connectivity index (χ0v) is 13.5. The van der Waals surface area contributed by atoms with Crippen LogP contribution in [0.3, 0.4) is 0 Å². The monoisotopic (exact) mass is 404 g/mol. The maximum Gasteiger partial charge on any atom is 0.168 e. The van der Waals surface area contributed by atoms with Crippen LogP contribution in [0, 0.1) is 9.39 Å². The second kappa shape index (κ2) is 6.54. The molecule has 0 aliphatic heterocycles. The van der Waals surface area contributed by atoms with Crippen LogP contribution in [0.2, 0.25) is 5.02 Å². The Bertz CT molecular complexity index is 658. The molecule has 2 aromatic rings. The highest BCUT2D eigenvalue weighted by atomic mass is 127. The van der Waals surface area contributed by atoms with Crippen LogP contribution in [-0.4, -0.2) is 12.9 Å². The number of hydrogen-bond acceptors (Lipinski definition) is 2. The summed E-state index contributed by atoms with van der Waals surface area (Å²) in [6.07, 6.45) is -0.0284. The lowest BCUT2D eigenvalue weighted by Crippen LogP contribution is -2.07. The highest BCUT2D eigenvalue weighted by Gasteiger charge is 2.15. The van der Waals surface area contributed by atoms with Crippen LogP contribution < -0.4 is 4.74 Å². The molecule has 0 unspecified atom stereocenters. The predicted octanol–water partition coefficient (Wildman–Crippen LogP) is 4.52. The molecule has 0 aliphatic carbocycles. The number of carbonyl (C=O) groups excluding carboxylic acids is 1. The van der Waals surface area contributed by atoms with E-state index in [1.807, 2.05) is 0 Å². The molecule has 0 N–H and O–H groups in total. The Hall–Kier alpha value is -1.14. The molecule has 0 bridgehead atoms. The molecule has 20 heavy (non-hydrogen) atoms. The van der Waals surface area contributed by atoms with Crippen molar-refractivity contribution in [2.75, 3.05) is 7.11 Å². The molecule has 0 aliphatic rings. The predicted molar refractivity (Wildman–Crippen MR) is 85.2 cm³/mol. The van der Waals surface area contributed by atoms with Crippen molar-refractivity contribution in [2.45, 2.75) is 6.42 Å². The Morgan fingerprint density at radius 1 is 1.35 bits per heavy atom. The van der Waals surface area contributed by atoms with Gasteiger partial charge in [-0.2, -0.15) is 0 Å². The number of carbonyl (C=O) groups is 1. The summed E-state index contributed by atoms with van der Waals surface area (Å²) in [5.41, 5.74) is 0.811. The summed E-state index contributed by atoms with van der Waals surface area (Å²) in [4.78, 5) is 12.3. The Kier molecular flexibility index (Phi) is 4.99. The number of ketones is 1. The fraction of sp³-hybridized carbons (Fsp3) is 0.133. The minimum atomic E-state index is -0.500. The largest absolute Gasteiger partial charge is 0.494 e. The number of hydrogen-bond donors (Lipinski definition) is 0. The third-order valence-corrected chi connectivity index (χ3v) is 4.02. The maximum absolute atomic E-state index is 14.0. The lowest BCUT2D eigenvalue weighted by Gasteiger charge is -2.08. The van der Waals surface area contributed by atoms with Gasteiger partial charge in [0.25, 0.3) is 0 Å². The van der Waals surface area contributed by atoms with Gasteiger partial charge in [0.2, 0.25) is 0 Å². The van der Waals surface area contributed by atoms with E-state index in [1.165, 1.54) is 13.2 Å². The highest BCUT2D eigenvalue weighted by Crippen LogP contribution is 2.23. The van der Waals surface area contributed by atoms with Gasteiger partial charge in [-0.25, -0.2) is 4.39 Å². The molecule has 2 aromatic carbocycles. The van der Waals surface area contributed by atoms with Crippen LogP contribution in [0.5, 0.6) is 5.75 Å². The second-order valence-electron chi connectivity index (χ2n) is 4.16. The summed E-state index contributed by atoms with van der Waals surface area (Å²) in [5.74, 6) is -0.541. The van der Waals surface area contributed by atoms with Gasteiger partial charge in [-0.3, -0.25) is 4.79 Å². The number of ether oxygens (including phenoxy) is 1. The van der Waals surface area contributed by atoms with Gasteiger partial charge in [0.05, 0.1) is 7.11 Å². The molecule has 0 aromatic heterocycles. The van der Waals surface area contributed by atoms with Gasteiger partial charge in [-0.15, -0.1) is 0 Å². The first-order valence-electron chi connectivity index (χ1n) is 5.82. The molecule has 2 rings (SSSR count). The van der Waals surface area contributed by atoms with Crippen molar-refractivity contribution in [2.24, 2.45) is 0 Å². The summed E-state index contributed by atoms with van der Waals surface area (Å²) in [6, 6.07) is 9.83. The number of Topliss-reactive ketones (excluding diaryl/α,β-unsaturated/α-hetero) is 1. The summed E-state index contributed by atoms with van der Waals surface area (Å²) < 4.78 is 19.7. The van der Waals surface area contributed by atoms with Crippen molar-refractivity contribution in [1.82, 2.24) is 0 Å². The van der Waals surface area contributed by atoms with Gasteiger partial charge in [0, 0.05) is 20.6 Å². The third kappa shape index (κ3) is 3.30. The van der Waals surface area contributed by atoms with Gasteiger partial charge in [0.15, 0.2) is 17.3 Å². The van der Waals surface area contributed by atoms with Gasteiger partial charge in [-0.05, 0) is 52.4 Å². The van der Waals surface area contributed by atoms with E-state index >= 15 is 0 Å². The first-order valence-corrected chi connectivity index (χ1v) is 7.28. The molecular weight excluding hydrogens is 394 g/mol. The van der Waals surface area contributed by atoms with E-state index in [1.54, 1.807) is 30.3 Å². The first kappa shape index (κ1) is 15.3. The van der Waals surface area contributed by atoms with Crippen LogP contribution in [0.15, 0.2) is 36.4 Å². The van der Waals surface area contributed by atoms with Crippen LogP contribution in [0.1, 0.15) is 15.9 Å². The zero-order valence-electron chi connectivity index (χ0n) is 10.6. The van der Waals surface area contributed by atoms with E-state index in [9.17, 15) is 9.18 Å². The minimum absolute atomic E-state index is 0.0284. The van der Waals surface area contributed by atoms with Crippen LogP contribution >= 0.6 is 34.2 Å². The Morgan fingerprint density at radius 3 is 2.80 bits per heavy atom. The number of halogens is 3. The van der Waals surface area contributed by atoms with Gasteiger partial charge < -0.3 is 4.74 Å². The van der Waals surface area contributed by atoms with E-state index in [2.05, 4.69) is 22.6 Å². The minimum Gasteiger partial charge on any atom is -0.494 e. The van der Waals surface area contributed by atoms with Crippen molar-refractivity contribution in [1.29, 1.82) is 0 Å². The molecule has 0 saturated carbocycles. The number of rotatable bonds is 4. The van der Waals surface area contributed by atoms with Crippen LogP contribution in [0.4, 0.5) is 4.39 Å². The lowest BCUT2D eigenvalue weighted by molar-refractivity contribution is 0.0991. The maximum atomic E-state index is 14.0. The second-order valence-corrected chi connectivity index (χ2v) is 5.76. The SMILES string of the molecule is COc1cccc(CC(=O)c2cc(Cl)ccc2I)c1F. The van der Waals surface area contributed by atoms with Crippen molar-refractivity contribution in [3.63, 3.8) is 0 Å². The normalized spacial score (nSPS) is 10.4. The number of benzene rings is 2. The topological polar surface area (TPSA) is 26.3 Å². The van der Waals surface area contributed by atoms with E-state index < -0.39 is 5.82 Å². The molecule has 2 nitrogen and oxygen atoms in total. The molecule has 0 spiro atoms. The average Bonchev–Trinajstić information content (AvgIpc) is 2.43. The van der Waals surface area contributed by atoms with Gasteiger partial charge >= 0.3 is 0 Å². The van der Waals surface area contributed by atoms with Crippen molar-refractivity contribution < 1.29 is 13.9 Å². The van der Waals surface area contributed by atoms with Gasteiger partial charge in [0.1, 0.15) is 0 Å². The molecule has 0 amide bonds. The first-order chi connectivity index (χ1) is 9.52. The molecule has 104 valence electrons. The standard InChI is InChI=1S/C15H11ClFIO2/c1-20-14-4-2-3-9(15(14)17)7-13(19)11-8-10(16)5-6-12(11)18/h2-6,8H,7H2,1H3. The summed E-state index contributed by atoms with van der Waals surface area (Å²) in [7, 11) is 1.39. The zero-order chi connectivity index (χ0) is 14.7. The molecule has 5 heteroatoms. The summed E-state index contributed by atoms with van der Waals surface area (Å²) in [5, 5.41) is 0.486. The third-order valence-electron chi connectivity index (χ3n) is 2.84.